The fourth-order valence-electron chi connectivity index (χ4n) is 5.03. The number of nitriles is 1. The van der Waals surface area contributed by atoms with Gasteiger partial charge in [0.05, 0.1) is 17.3 Å². The molecule has 0 radical (unpaired) electrons. The number of carbonyl (C=O) groups excluding carboxylic acids is 2. The van der Waals surface area contributed by atoms with E-state index in [0.29, 0.717) is 41.6 Å². The third kappa shape index (κ3) is 3.68. The molecule has 0 atom stereocenters. The Morgan fingerprint density at radius 1 is 1.20 bits per heavy atom. The lowest BCUT2D eigenvalue weighted by Gasteiger charge is -2.43. The van der Waals surface area contributed by atoms with E-state index in [4.69, 9.17) is 16.3 Å². The van der Waals surface area contributed by atoms with Crippen LogP contribution in [0.1, 0.15) is 38.2 Å². The number of nitrogens with zero attached hydrogens (tertiary/aromatic N) is 4. The number of ether oxygens (including phenoxy) is 1. The molecule has 0 unspecified atom stereocenters. The average Bonchev–Trinajstić information content (AvgIpc) is 2.95. The van der Waals surface area contributed by atoms with Crippen molar-refractivity contribution in [3.63, 3.8) is 0 Å². The van der Waals surface area contributed by atoms with Gasteiger partial charge in [0.2, 0.25) is 0 Å². The van der Waals surface area contributed by atoms with Crippen molar-refractivity contribution in [1.82, 2.24) is 9.80 Å². The number of urea groups is 1. The number of carbonyl (C=O) groups is 2. The van der Waals surface area contributed by atoms with Gasteiger partial charge in [0.1, 0.15) is 5.54 Å². The van der Waals surface area contributed by atoms with E-state index >= 15 is 0 Å². The molecule has 1 aromatic carbocycles. The van der Waals surface area contributed by atoms with Gasteiger partial charge in [-0.1, -0.05) is 11.6 Å². The predicted molar refractivity (Wildman–Crippen MR) is 113 cm³/mol. The Labute approximate surface area is 182 Å². The monoisotopic (exact) mass is 430 g/mol. The van der Waals surface area contributed by atoms with Crippen molar-refractivity contribution < 1.29 is 14.3 Å². The van der Waals surface area contributed by atoms with E-state index in [-0.39, 0.29) is 11.9 Å². The van der Waals surface area contributed by atoms with E-state index in [2.05, 4.69) is 4.90 Å². The molecular formula is C22H27ClN4O3. The summed E-state index contributed by atoms with van der Waals surface area (Å²) in [5.74, 6) is 0.439. The molecule has 160 valence electrons. The highest BCUT2D eigenvalue weighted by Gasteiger charge is 2.57. The smallest absolute Gasteiger partial charge is 0.332 e. The van der Waals surface area contributed by atoms with E-state index < -0.39 is 5.54 Å². The van der Waals surface area contributed by atoms with Crippen LogP contribution in [0.2, 0.25) is 5.02 Å². The maximum Gasteiger partial charge on any atom is 0.332 e. The van der Waals surface area contributed by atoms with Crippen LogP contribution in [0.25, 0.3) is 0 Å². The molecular weight excluding hydrogens is 404 g/mol. The number of likely N-dealkylation sites (tertiary alicyclic amines) is 1. The number of anilines is 1. The van der Waals surface area contributed by atoms with Crippen molar-refractivity contribution in [1.29, 1.82) is 5.26 Å². The van der Waals surface area contributed by atoms with E-state index in [1.54, 1.807) is 17.0 Å². The maximum atomic E-state index is 13.6. The molecule has 3 saturated heterocycles. The molecule has 8 heteroatoms. The number of benzene rings is 1. The first-order valence-corrected chi connectivity index (χ1v) is 11.0. The summed E-state index contributed by atoms with van der Waals surface area (Å²) in [5, 5.41) is 9.58. The van der Waals surface area contributed by atoms with E-state index in [1.165, 1.54) is 11.0 Å². The van der Waals surface area contributed by atoms with Crippen molar-refractivity contribution in [3.05, 3.63) is 28.8 Å². The molecule has 30 heavy (non-hydrogen) atoms. The largest absolute Gasteiger partial charge is 0.381 e. The third-order valence-electron chi connectivity index (χ3n) is 6.67. The van der Waals surface area contributed by atoms with E-state index in [1.807, 2.05) is 13.0 Å². The summed E-state index contributed by atoms with van der Waals surface area (Å²) in [6.45, 7) is 6.64. The normalized spacial score (nSPS) is 22.7. The second-order valence-corrected chi connectivity index (χ2v) is 8.80. The highest BCUT2D eigenvalue weighted by atomic mass is 35.5. The topological polar surface area (TPSA) is 76.9 Å². The molecule has 4 rings (SSSR count). The number of piperidine rings is 1. The van der Waals surface area contributed by atoms with Crippen molar-refractivity contribution in [2.45, 2.75) is 38.1 Å². The Kier molecular flexibility index (Phi) is 6.01. The molecule has 7 nitrogen and oxygen atoms in total. The molecule has 3 amide bonds. The summed E-state index contributed by atoms with van der Waals surface area (Å²) in [6.07, 6.45) is 3.42. The highest BCUT2D eigenvalue weighted by Crippen LogP contribution is 2.40. The van der Waals surface area contributed by atoms with Crippen LogP contribution >= 0.6 is 11.6 Å². The molecule has 1 aromatic rings. The van der Waals surface area contributed by atoms with Gasteiger partial charge in [-0.15, -0.1) is 0 Å². The fourth-order valence-corrected chi connectivity index (χ4v) is 5.26. The first-order chi connectivity index (χ1) is 14.5. The van der Waals surface area contributed by atoms with Crippen LogP contribution < -0.4 is 4.90 Å². The number of hydrogen-bond acceptors (Lipinski definition) is 5. The Bertz CT molecular complexity index is 870. The second-order valence-electron chi connectivity index (χ2n) is 8.37. The lowest BCUT2D eigenvalue weighted by atomic mass is 9.85. The third-order valence-corrected chi connectivity index (χ3v) is 6.88. The zero-order chi connectivity index (χ0) is 21.3. The lowest BCUT2D eigenvalue weighted by molar-refractivity contribution is -0.127. The minimum Gasteiger partial charge on any atom is -0.381 e. The summed E-state index contributed by atoms with van der Waals surface area (Å²) in [6, 6.07) is 6.36. The van der Waals surface area contributed by atoms with Crippen LogP contribution in [0.4, 0.5) is 10.5 Å². The first kappa shape index (κ1) is 21.1. The van der Waals surface area contributed by atoms with Crippen LogP contribution in [0.15, 0.2) is 18.2 Å². The van der Waals surface area contributed by atoms with Crippen molar-refractivity contribution in [3.8, 4) is 6.07 Å². The van der Waals surface area contributed by atoms with Crippen LogP contribution in [-0.2, 0) is 9.53 Å². The maximum absolute atomic E-state index is 13.6. The van der Waals surface area contributed by atoms with Gasteiger partial charge in [-0.25, -0.2) is 9.69 Å². The summed E-state index contributed by atoms with van der Waals surface area (Å²) < 4.78 is 5.46. The average molecular weight is 431 g/mol. The van der Waals surface area contributed by atoms with Crippen molar-refractivity contribution >= 4 is 29.2 Å². The van der Waals surface area contributed by atoms with E-state index in [0.717, 1.165) is 45.7 Å². The standard InChI is InChI=1S/C22H27ClN4O3/c1-2-26-21(29)27(19-12-17(14-24)11-18(23)13-19)20(28)22(26)5-7-25(8-6-22)15-16-3-9-30-10-4-16/h11-13,16H,2-10,15H2,1H3. The predicted octanol–water partition coefficient (Wildman–Crippen LogP) is 3.26. The molecule has 0 N–H and O–H groups in total. The molecule has 0 bridgehead atoms. The van der Waals surface area contributed by atoms with Gasteiger partial charge in [0.15, 0.2) is 0 Å². The number of likely N-dealkylation sites (N-methyl/N-ethyl adjacent to an activating group) is 1. The number of imide groups is 1. The summed E-state index contributed by atoms with van der Waals surface area (Å²) >= 11 is 6.13. The quantitative estimate of drug-likeness (QED) is 0.685. The zero-order valence-electron chi connectivity index (χ0n) is 17.3. The van der Waals surface area contributed by atoms with E-state index in [9.17, 15) is 14.9 Å². The summed E-state index contributed by atoms with van der Waals surface area (Å²) in [7, 11) is 0. The van der Waals surface area contributed by atoms with Crippen LogP contribution in [0.3, 0.4) is 0 Å². The van der Waals surface area contributed by atoms with Gasteiger partial charge in [-0.3, -0.25) is 4.79 Å². The van der Waals surface area contributed by atoms with Gasteiger partial charge in [-0.2, -0.15) is 5.26 Å². The van der Waals surface area contributed by atoms with Gasteiger partial charge >= 0.3 is 6.03 Å². The molecule has 3 fully saturated rings. The fraction of sp³-hybridized carbons (Fsp3) is 0.591. The molecule has 3 aliphatic heterocycles. The van der Waals surface area contributed by atoms with Crippen molar-refractivity contribution in [2.75, 3.05) is 44.3 Å². The van der Waals surface area contributed by atoms with Gasteiger partial charge < -0.3 is 14.5 Å². The van der Waals surface area contributed by atoms with Gasteiger partial charge in [0.25, 0.3) is 5.91 Å². The zero-order valence-corrected chi connectivity index (χ0v) is 18.0. The number of hydrogen-bond donors (Lipinski definition) is 0. The minimum absolute atomic E-state index is 0.203. The Morgan fingerprint density at radius 3 is 2.53 bits per heavy atom. The minimum atomic E-state index is -0.812. The Morgan fingerprint density at radius 2 is 1.90 bits per heavy atom. The molecule has 3 aliphatic rings. The SMILES string of the molecule is CCN1C(=O)N(c2cc(Cl)cc(C#N)c2)C(=O)C12CCN(CC1CCOCC1)CC2. The molecule has 0 saturated carbocycles. The Balaban J connectivity index is 1.54. The van der Waals surface area contributed by atoms with Crippen LogP contribution in [-0.4, -0.2) is 66.7 Å². The number of rotatable bonds is 4. The summed E-state index contributed by atoms with van der Waals surface area (Å²) in [5.41, 5.74) is -0.116. The van der Waals surface area contributed by atoms with Crippen LogP contribution in [0.5, 0.6) is 0 Å². The van der Waals surface area contributed by atoms with Gasteiger partial charge in [-0.05, 0) is 56.7 Å². The highest BCUT2D eigenvalue weighted by molar-refractivity contribution is 6.31. The molecule has 0 aromatic heterocycles. The molecule has 0 aliphatic carbocycles. The van der Waals surface area contributed by atoms with Crippen LogP contribution in [0, 0.1) is 17.2 Å². The molecule has 1 spiro atoms. The summed E-state index contributed by atoms with van der Waals surface area (Å²) in [4.78, 5) is 32.1. The number of amides is 3. The lowest BCUT2D eigenvalue weighted by Crippen LogP contribution is -2.57. The molecule has 3 heterocycles. The number of halogens is 1. The first-order valence-electron chi connectivity index (χ1n) is 10.7. The van der Waals surface area contributed by atoms with Gasteiger partial charge in [0, 0.05) is 44.4 Å². The Hall–Kier alpha value is -2.14. The van der Waals surface area contributed by atoms with Crippen molar-refractivity contribution in [2.24, 2.45) is 5.92 Å². The second kappa shape index (κ2) is 8.54.